The molecule has 7 aromatic rings. The molecular weight excluding hydrogens is 1810 g/mol. The van der Waals surface area contributed by atoms with Gasteiger partial charge >= 0.3 is 5.97 Å². The molecule has 5 aromatic heterocycles. The van der Waals surface area contributed by atoms with E-state index < -0.39 is 9.84 Å². The number of aromatic nitrogens is 12. The zero-order valence-corrected chi connectivity index (χ0v) is 98.1. The number of methoxy groups -OCH3 is 1. The van der Waals surface area contributed by atoms with E-state index in [0.29, 0.717) is 23.7 Å². The van der Waals surface area contributed by atoms with Crippen LogP contribution in [0.15, 0.2) is 98.4 Å². The first kappa shape index (κ1) is 137. The van der Waals surface area contributed by atoms with E-state index in [0.717, 1.165) is 80.6 Å². The largest absolute Gasteiger partial charge is 0.468 e. The van der Waals surface area contributed by atoms with Crippen molar-refractivity contribution in [2.24, 2.45) is 18.4 Å². The zero-order valence-electron chi connectivity index (χ0n) is 97.3. The minimum atomic E-state index is -3.14. The van der Waals surface area contributed by atoms with Crippen molar-refractivity contribution in [3.63, 3.8) is 0 Å². The summed E-state index contributed by atoms with van der Waals surface area (Å²) in [5.41, 5.74) is 6.08. The lowest BCUT2D eigenvalue weighted by atomic mass is 9.77. The number of rotatable bonds is 25. The summed E-state index contributed by atoms with van der Waals surface area (Å²) in [6, 6.07) is 18.3. The molecular formula is C107H201N25O9S. The second kappa shape index (κ2) is 61.8. The third-order valence-electron chi connectivity index (χ3n) is 18.6. The fourth-order valence-electron chi connectivity index (χ4n) is 11.6. The van der Waals surface area contributed by atoms with Crippen molar-refractivity contribution < 1.29 is 41.9 Å². The van der Waals surface area contributed by atoms with Gasteiger partial charge in [-0.1, -0.05) is 31.5 Å². The summed E-state index contributed by atoms with van der Waals surface area (Å²) in [7, 11) is 3.80. The molecule has 2 aliphatic carbocycles. The molecule has 0 spiro atoms. The van der Waals surface area contributed by atoms with Gasteiger partial charge in [-0.25, -0.2) is 33.5 Å². The number of hydrogen-bond donors (Lipinski definition) is 16. The zero-order chi connectivity index (χ0) is 111. The number of hydrogen-bond acceptors (Lipinski definition) is 28. The van der Waals surface area contributed by atoms with Crippen molar-refractivity contribution in [2.75, 3.05) is 73.2 Å². The molecule has 34 nitrogen and oxygen atoms in total. The Labute approximate surface area is 859 Å². The Balaban J connectivity index is -0.00000149. The highest BCUT2D eigenvalue weighted by Gasteiger charge is 2.37. The van der Waals surface area contributed by atoms with Crippen molar-refractivity contribution in [3.8, 4) is 0 Å². The van der Waals surface area contributed by atoms with E-state index in [1.54, 1.807) is 59.1 Å². The molecule has 2 saturated carbocycles. The summed E-state index contributed by atoms with van der Waals surface area (Å²) in [6.45, 7) is 92.4. The average Bonchev–Trinajstić information content (AvgIpc) is 1.70. The van der Waals surface area contributed by atoms with Crippen molar-refractivity contribution in [1.29, 1.82) is 0 Å². The number of Topliss-reactive ketones (excluding diaryl/α,β-unsaturated/α-hetero) is 4. The monoisotopic (exact) mass is 2010 g/mol. The molecule has 0 saturated heterocycles. The summed E-state index contributed by atoms with van der Waals surface area (Å²) in [6.07, 6.45) is 16.6. The number of amides is 1. The molecule has 35 heteroatoms. The normalized spacial score (nSPS) is 14.3. The fourth-order valence-corrected chi connectivity index (χ4v) is 13.3. The van der Waals surface area contributed by atoms with Gasteiger partial charge in [0.15, 0.2) is 27.4 Å². The molecule has 2 aromatic carbocycles. The number of H-pyrrole nitrogens is 4. The second-order valence-electron chi connectivity index (χ2n) is 49.7. The number of likely N-dealkylation sites (N-methyl/N-ethyl adjacent to an activating group) is 1. The van der Waals surface area contributed by atoms with Gasteiger partial charge in [-0.3, -0.25) is 44.3 Å². The maximum absolute atomic E-state index is 11.5. The van der Waals surface area contributed by atoms with Crippen LogP contribution >= 0.6 is 0 Å². The standard InChI is InChI=1S/C12H17NO.C11H17N.C10H19NO3S.C10H19NO.C10H21NO.C9H20N2O.C9H16N2.C8H16N4.C8H17NO2.C7H14N4.C7H13N3.C6H12N4/c1-9(14)10-5-7-11(8-6-10)13-12(2,3)4;1-9-5-7-10(8-6-9)12-11(2,3)4;1-10(2,3)11-6-8(12)7-15(13,14)9-4-5-9;1-7(12)8-5-9(6-8)11-10(2,3)4;1-8(12)10(5,6)7-11-9(2,3)4;1-7(8(12)11(5)6)10-9(2,3)4;1-9(2,3)10-8-5-6-11(4)7-8;1-8(2,3)10-5-4-7-9-6-11-12-7;1-6(7(10)11-5)9-8(2,3)4;1-7(2,3)9-4-6-8-5-10-11-6;1-7(2,3)10-6-8-4-5-9-6;1-6(2,3)9-5-7-4-8-10-5/h5-8,13H,1-4H3;5-8,12H,1-4H3;9,11H,4-7H2,1-3H3;8-9,11H,5-6H2,1-4H3;11H,7H2,1-6H3;7,10H,1-6H3;5-7,10H,1-4H3;6,10H,4-5H2,1-3H3,(H,9,11,12);6,9H,1-5H3;5,9H,4H2,1-3H3,(H,8,10,11);4-5H,1-3H3,(H2,8,9,10);4H,1-3H3,(H2,7,8,9,10). The Kier molecular flexibility index (Phi) is 59.5. The van der Waals surface area contributed by atoms with E-state index in [1.165, 1.54) is 43.0 Å². The predicted molar refractivity (Wildman–Crippen MR) is 593 cm³/mol. The summed E-state index contributed by atoms with van der Waals surface area (Å²) in [5, 5.41) is 58.5. The number of ketones is 4. The molecule has 2 fully saturated rings. The van der Waals surface area contributed by atoms with Crippen LogP contribution < -0.4 is 63.8 Å². The van der Waals surface area contributed by atoms with E-state index in [2.05, 4.69) is 354 Å². The Morgan fingerprint density at radius 2 is 0.908 bits per heavy atom. The summed E-state index contributed by atoms with van der Waals surface area (Å²) < 4.78 is 29.6. The highest BCUT2D eigenvalue weighted by Crippen LogP contribution is 2.31. The molecule has 0 radical (unpaired) electrons. The lowest BCUT2D eigenvalue weighted by Gasteiger charge is -2.39. The predicted octanol–water partition coefficient (Wildman–Crippen LogP) is 18.6. The van der Waals surface area contributed by atoms with E-state index >= 15 is 0 Å². The number of imidazole rings is 1. The molecule has 2 unspecified atom stereocenters. The molecule has 0 bridgehead atoms. The van der Waals surface area contributed by atoms with Crippen LogP contribution in [-0.2, 0) is 58.6 Å². The topological polar surface area (TPSA) is 452 Å². The van der Waals surface area contributed by atoms with Crippen LogP contribution in [0.2, 0.25) is 0 Å². The SMILES string of the molecule is CC(=O)C(C)(C)CNC(C)(C)C.CC(=O)C1CC(NC(C)(C)C)C1.CC(=O)c1ccc(NC(C)(C)C)cc1.CC(C)(C)NCC(=O)CS(=O)(=O)C1CC1.CC(C)(C)NCCc1ncn[nH]1.CC(C)(C)NCc1ncn[nH]1.CC(C)(C)Nc1ncc[nH]1.CC(C)(C)Nc1ncn[nH]1.CC(NC(C)(C)C)C(=O)N(C)C.COC(=O)C(C)NC(C)(C)C.Cc1ccc(NC(C)(C)C)cc1.Cn1ccc(NC(C)(C)C)c1. The molecule has 142 heavy (non-hydrogen) atoms. The Bertz CT molecular complexity index is 4620. The Hall–Kier alpha value is -9.36. The van der Waals surface area contributed by atoms with Gasteiger partial charge in [0, 0.05) is 166 Å². The van der Waals surface area contributed by atoms with E-state index in [-0.39, 0.29) is 131 Å². The van der Waals surface area contributed by atoms with Gasteiger partial charge in [-0.15, -0.1) is 0 Å². The average molecular weight is 2010 g/mol. The van der Waals surface area contributed by atoms with Crippen molar-refractivity contribution in [2.45, 2.75) is 433 Å². The molecule has 5 heterocycles. The highest BCUT2D eigenvalue weighted by atomic mass is 32.2. The number of aromatic amines is 4. The lowest BCUT2D eigenvalue weighted by Crippen LogP contribution is -2.51. The summed E-state index contributed by atoms with van der Waals surface area (Å²) in [4.78, 5) is 87.3. The number of nitrogens with zero attached hydrogens (tertiary/aromatic N) is 9. The van der Waals surface area contributed by atoms with Crippen molar-refractivity contribution >= 4 is 73.8 Å². The maximum atomic E-state index is 11.5. The third-order valence-corrected chi connectivity index (χ3v) is 20.8. The Morgan fingerprint density at radius 3 is 1.25 bits per heavy atom. The fraction of sp³-hybridized carbons (Fsp3) is 0.710. The molecule has 2 atom stereocenters. The van der Waals surface area contributed by atoms with E-state index in [1.807, 2.05) is 125 Å². The van der Waals surface area contributed by atoms with Crippen LogP contribution in [0.1, 0.15) is 351 Å². The first-order chi connectivity index (χ1) is 64.0. The van der Waals surface area contributed by atoms with Crippen LogP contribution in [0.3, 0.4) is 0 Å². The molecule has 16 N–H and O–H groups in total. The minimum absolute atomic E-state index is 0.00884. The van der Waals surface area contributed by atoms with Gasteiger partial charge in [0.1, 0.15) is 54.0 Å². The van der Waals surface area contributed by atoms with Crippen molar-refractivity contribution in [3.05, 3.63) is 121 Å². The van der Waals surface area contributed by atoms with Gasteiger partial charge in [-0.2, -0.15) is 15.3 Å². The number of aryl methyl sites for hydroxylation is 2. The van der Waals surface area contributed by atoms with Gasteiger partial charge in [0.25, 0.3) is 0 Å². The number of anilines is 5. The smallest absolute Gasteiger partial charge is 0.322 e. The van der Waals surface area contributed by atoms with Crippen LogP contribution in [0.4, 0.5) is 29.0 Å². The van der Waals surface area contributed by atoms with E-state index in [4.69, 9.17) is 0 Å². The number of carbonyl (C=O) groups is 6. The number of benzene rings is 2. The Morgan fingerprint density at radius 1 is 0.486 bits per heavy atom. The maximum Gasteiger partial charge on any atom is 0.322 e. The van der Waals surface area contributed by atoms with Gasteiger partial charge in [-0.05, 0) is 359 Å². The molecule has 1 amide bonds. The second-order valence-corrected chi connectivity index (χ2v) is 51.9. The third kappa shape index (κ3) is 82.0. The first-order valence-electron chi connectivity index (χ1n) is 49.6. The molecule has 814 valence electrons. The van der Waals surface area contributed by atoms with Gasteiger partial charge < -0.3 is 77.7 Å². The summed E-state index contributed by atoms with van der Waals surface area (Å²) in [5.74, 6) is 3.73. The number of sulfone groups is 1. The van der Waals surface area contributed by atoms with Crippen LogP contribution in [0.5, 0.6) is 0 Å². The lowest BCUT2D eigenvalue weighted by molar-refractivity contribution is -0.143. The van der Waals surface area contributed by atoms with Crippen LogP contribution in [0, 0.1) is 18.3 Å². The van der Waals surface area contributed by atoms with E-state index in [9.17, 15) is 37.2 Å². The van der Waals surface area contributed by atoms with Crippen molar-refractivity contribution in [1.82, 2.24) is 102 Å². The minimum Gasteiger partial charge on any atom is -0.468 e. The molecule has 9 rings (SSSR count). The molecule has 0 aliphatic heterocycles. The van der Waals surface area contributed by atoms with Gasteiger partial charge in [0.05, 0.1) is 37.2 Å². The van der Waals surface area contributed by atoms with Gasteiger partial charge in [0.2, 0.25) is 11.9 Å². The van der Waals surface area contributed by atoms with Crippen LogP contribution in [-0.4, -0.2) is 245 Å². The highest BCUT2D eigenvalue weighted by molar-refractivity contribution is 7.93. The number of ether oxygens (including phenoxy) is 1. The molecule has 2 aliphatic rings. The van der Waals surface area contributed by atoms with Crippen LogP contribution in [0.25, 0.3) is 0 Å². The first-order valence-corrected chi connectivity index (χ1v) is 51.3. The quantitative estimate of drug-likeness (QED) is 0.0187. The number of esters is 1. The number of carbonyl (C=O) groups excluding carboxylic acids is 6. The summed E-state index contributed by atoms with van der Waals surface area (Å²) >= 11 is 0. The number of nitrogens with one attached hydrogen (secondary N) is 16.